The fourth-order valence-electron chi connectivity index (χ4n) is 0.939. The summed E-state index contributed by atoms with van der Waals surface area (Å²) in [6.07, 6.45) is 0. The van der Waals surface area contributed by atoms with E-state index in [4.69, 9.17) is 11.6 Å². The van der Waals surface area contributed by atoms with Gasteiger partial charge in [0.05, 0.1) is 4.88 Å². The van der Waals surface area contributed by atoms with Crippen LogP contribution in [0, 0.1) is 13.8 Å². The van der Waals surface area contributed by atoms with Gasteiger partial charge in [0.25, 0.3) is 0 Å². The van der Waals surface area contributed by atoms with Crippen molar-refractivity contribution < 1.29 is 21.8 Å². The summed E-state index contributed by atoms with van der Waals surface area (Å²) < 4.78 is 42.0. The summed E-state index contributed by atoms with van der Waals surface area (Å²) >= 11 is 7.58. The van der Waals surface area contributed by atoms with Crippen molar-refractivity contribution in [1.29, 1.82) is 0 Å². The maximum Gasteiger partial charge on any atom is 0.673 e. The van der Waals surface area contributed by atoms with Gasteiger partial charge >= 0.3 is 11.7 Å². The quantitative estimate of drug-likeness (QED) is 0.414. The van der Waals surface area contributed by atoms with Crippen LogP contribution in [0.15, 0.2) is 0 Å². The van der Waals surface area contributed by atoms with E-state index in [0.29, 0.717) is 0 Å². The zero-order valence-corrected chi connectivity index (χ0v) is 10.1. The zero-order chi connectivity index (χ0) is 12.2. The Labute approximate surface area is 94.8 Å². The van der Waals surface area contributed by atoms with E-state index < -0.39 is 7.25 Å². The smallest absolute Gasteiger partial charge is 0.418 e. The fourth-order valence-corrected chi connectivity index (χ4v) is 2.42. The molecule has 0 radical (unpaired) electrons. The number of hydrogen-bond acceptors (Lipinski definition) is 1. The molecule has 1 heterocycles. The van der Waals surface area contributed by atoms with Gasteiger partial charge in [-0.05, 0) is 13.8 Å². The summed E-state index contributed by atoms with van der Waals surface area (Å²) in [6.45, 7) is 7.26. The summed E-state index contributed by atoms with van der Waals surface area (Å²) in [5.74, 6) is 0. The second-order valence-corrected chi connectivity index (χ2v) is 4.52. The molecule has 0 atom stereocenters. The van der Waals surface area contributed by atoms with Crippen molar-refractivity contribution in [1.82, 2.24) is 0 Å². The molecule has 1 rings (SSSR count). The third kappa shape index (κ3) is 5.99. The Morgan fingerprint density at radius 3 is 1.80 bits per heavy atom. The van der Waals surface area contributed by atoms with Crippen LogP contribution in [-0.2, 0) is 6.54 Å². The molecule has 15 heavy (non-hydrogen) atoms. The second kappa shape index (κ2) is 5.70. The third-order valence-electron chi connectivity index (χ3n) is 1.68. The van der Waals surface area contributed by atoms with Gasteiger partial charge in [-0.25, -0.2) is 0 Å². The lowest BCUT2D eigenvalue weighted by atomic mass is 10.3. The molecule has 0 amide bonds. The van der Waals surface area contributed by atoms with Crippen molar-refractivity contribution in [2.45, 2.75) is 27.3 Å². The molecular formula is C7H11BClF4NS. The number of aryl methyl sites for hydroxylation is 1. The molecule has 1 nitrogen and oxygen atoms in total. The molecule has 0 N–H and O–H groups in total. The van der Waals surface area contributed by atoms with Crippen LogP contribution in [0.4, 0.5) is 17.3 Å². The van der Waals surface area contributed by atoms with E-state index in [0.717, 1.165) is 11.0 Å². The molecule has 88 valence electrons. The van der Waals surface area contributed by atoms with Crippen LogP contribution in [0.5, 0.6) is 0 Å². The molecule has 0 aliphatic heterocycles. The molecule has 0 spiro atoms. The number of nitrogens with zero attached hydrogens (tertiary/aromatic N) is 1. The van der Waals surface area contributed by atoms with Gasteiger partial charge in [0.1, 0.15) is 6.54 Å². The largest absolute Gasteiger partial charge is 0.673 e. The van der Waals surface area contributed by atoms with Crippen LogP contribution in [-0.4, -0.2) is 7.25 Å². The van der Waals surface area contributed by atoms with Crippen molar-refractivity contribution in [2.24, 2.45) is 0 Å². The monoisotopic (exact) mass is 263 g/mol. The normalized spacial score (nSPS) is 10.9. The Balaban J connectivity index is 0.000000336. The SMILES string of the molecule is CC[n+]1c(Cl)sc(C)c1C.F[B-](F)(F)F. The average Bonchev–Trinajstić information content (AvgIpc) is 2.23. The standard InChI is InChI=1S/C7H11ClNS.BF4/c1-4-9-5(2)6(3)10-7(9)8;2-1(3,4)5/h4H2,1-3H3;/q+1;-1. The molecule has 0 aromatic carbocycles. The average molecular weight is 263 g/mol. The molecule has 0 aliphatic rings. The summed E-state index contributed by atoms with van der Waals surface area (Å²) in [5.41, 5.74) is 1.29. The van der Waals surface area contributed by atoms with E-state index in [-0.39, 0.29) is 0 Å². The van der Waals surface area contributed by atoms with E-state index in [1.807, 2.05) is 0 Å². The van der Waals surface area contributed by atoms with Crippen molar-refractivity contribution >= 4 is 30.2 Å². The number of halogens is 5. The van der Waals surface area contributed by atoms with Crippen LogP contribution in [0.1, 0.15) is 17.5 Å². The summed E-state index contributed by atoms with van der Waals surface area (Å²) in [4.78, 5) is 1.31. The number of thiazole rings is 1. The van der Waals surface area contributed by atoms with Crippen molar-refractivity contribution in [3.05, 3.63) is 15.0 Å². The molecule has 0 unspecified atom stereocenters. The Bertz CT molecular complexity index is 320. The molecule has 0 aliphatic carbocycles. The highest BCUT2D eigenvalue weighted by molar-refractivity contribution is 7.15. The van der Waals surface area contributed by atoms with Crippen LogP contribution < -0.4 is 4.57 Å². The van der Waals surface area contributed by atoms with Gasteiger partial charge in [-0.3, -0.25) is 0 Å². The first-order valence-electron chi connectivity index (χ1n) is 4.19. The Morgan fingerprint density at radius 1 is 1.27 bits per heavy atom. The molecule has 0 bridgehead atoms. The maximum atomic E-state index is 9.75. The summed E-state index contributed by atoms with van der Waals surface area (Å²) in [7, 11) is -6.00. The Morgan fingerprint density at radius 2 is 1.67 bits per heavy atom. The second-order valence-electron chi connectivity index (χ2n) is 2.74. The van der Waals surface area contributed by atoms with Gasteiger partial charge in [-0.2, -0.15) is 4.57 Å². The van der Waals surface area contributed by atoms with E-state index in [2.05, 4.69) is 25.3 Å². The van der Waals surface area contributed by atoms with Crippen LogP contribution in [0.3, 0.4) is 0 Å². The molecule has 1 aromatic rings. The maximum absolute atomic E-state index is 9.75. The lowest BCUT2D eigenvalue weighted by Gasteiger charge is -1.94. The van der Waals surface area contributed by atoms with Crippen LogP contribution in [0.25, 0.3) is 0 Å². The van der Waals surface area contributed by atoms with Crippen molar-refractivity contribution in [3.63, 3.8) is 0 Å². The van der Waals surface area contributed by atoms with Crippen molar-refractivity contribution in [3.8, 4) is 0 Å². The first-order chi connectivity index (χ1) is 6.66. The van der Waals surface area contributed by atoms with Gasteiger partial charge in [0.15, 0.2) is 5.69 Å². The van der Waals surface area contributed by atoms with Crippen LogP contribution >= 0.6 is 22.9 Å². The first kappa shape index (κ1) is 14.7. The number of hydrogen-bond donors (Lipinski definition) is 0. The lowest BCUT2D eigenvalue weighted by Crippen LogP contribution is -2.34. The third-order valence-corrected chi connectivity index (χ3v) is 3.11. The van der Waals surface area contributed by atoms with E-state index in [1.165, 1.54) is 10.6 Å². The zero-order valence-electron chi connectivity index (χ0n) is 8.53. The van der Waals surface area contributed by atoms with E-state index >= 15 is 0 Å². The van der Waals surface area contributed by atoms with Gasteiger partial charge in [-0.15, -0.1) is 0 Å². The number of rotatable bonds is 1. The minimum Gasteiger partial charge on any atom is -0.418 e. The summed E-state index contributed by atoms with van der Waals surface area (Å²) in [5, 5.41) is 0. The predicted molar refractivity (Wildman–Crippen MR) is 54.9 cm³/mol. The molecule has 0 fully saturated rings. The highest BCUT2D eigenvalue weighted by Gasteiger charge is 2.20. The van der Waals surface area contributed by atoms with Gasteiger partial charge in [0, 0.05) is 18.5 Å². The number of aromatic nitrogens is 1. The molecule has 0 saturated heterocycles. The van der Waals surface area contributed by atoms with Crippen molar-refractivity contribution in [2.75, 3.05) is 0 Å². The topological polar surface area (TPSA) is 3.88 Å². The van der Waals surface area contributed by atoms with Gasteiger partial charge < -0.3 is 17.3 Å². The first-order valence-corrected chi connectivity index (χ1v) is 5.39. The minimum atomic E-state index is -6.00. The minimum absolute atomic E-state index is 0.887. The predicted octanol–water partition coefficient (Wildman–Crippen LogP) is 3.63. The Kier molecular flexibility index (Phi) is 5.59. The molecular weight excluding hydrogens is 252 g/mol. The van der Waals surface area contributed by atoms with Gasteiger partial charge in [0.2, 0.25) is 0 Å². The highest BCUT2D eigenvalue weighted by Crippen LogP contribution is 2.18. The van der Waals surface area contributed by atoms with E-state index in [9.17, 15) is 17.3 Å². The highest BCUT2D eigenvalue weighted by atomic mass is 35.5. The lowest BCUT2D eigenvalue weighted by molar-refractivity contribution is -0.692. The Hall–Kier alpha value is -0.295. The van der Waals surface area contributed by atoms with E-state index in [1.54, 1.807) is 11.3 Å². The fraction of sp³-hybridized carbons (Fsp3) is 0.571. The molecule has 8 heteroatoms. The van der Waals surface area contributed by atoms with Gasteiger partial charge in [-0.1, -0.05) is 11.3 Å². The van der Waals surface area contributed by atoms with Crippen LogP contribution in [0.2, 0.25) is 4.47 Å². The summed E-state index contributed by atoms with van der Waals surface area (Å²) in [6, 6.07) is 0. The molecule has 0 saturated carbocycles. The molecule has 1 aromatic heterocycles.